The van der Waals surface area contributed by atoms with Crippen molar-refractivity contribution < 1.29 is 4.74 Å². The Balaban J connectivity index is 1.65. The summed E-state index contributed by atoms with van der Waals surface area (Å²) >= 11 is 1.90. The van der Waals surface area contributed by atoms with Crippen LogP contribution < -0.4 is 10.2 Å². The molecule has 0 aromatic carbocycles. The predicted molar refractivity (Wildman–Crippen MR) is 83.7 cm³/mol. The topological polar surface area (TPSA) is 37.4 Å². The molecule has 1 N–H and O–H groups in total. The van der Waals surface area contributed by atoms with Gasteiger partial charge in [0, 0.05) is 44.1 Å². The van der Waals surface area contributed by atoms with Gasteiger partial charge in [-0.3, -0.25) is 0 Å². The minimum atomic E-state index is 0.740. The monoisotopic (exact) mass is 295 g/mol. The number of rotatable bonds is 7. The van der Waals surface area contributed by atoms with E-state index in [1.807, 2.05) is 11.3 Å². The summed E-state index contributed by atoms with van der Waals surface area (Å²) < 4.78 is 5.09. The summed E-state index contributed by atoms with van der Waals surface area (Å²) in [5, 5.41) is 4.73. The molecule has 1 saturated heterocycles. The van der Waals surface area contributed by atoms with Gasteiger partial charge in [0.15, 0.2) is 5.13 Å². The lowest BCUT2D eigenvalue weighted by Gasteiger charge is -2.25. The van der Waals surface area contributed by atoms with Gasteiger partial charge < -0.3 is 15.0 Å². The first-order chi connectivity index (χ1) is 9.88. The van der Waals surface area contributed by atoms with E-state index in [1.54, 1.807) is 7.11 Å². The van der Waals surface area contributed by atoms with Crippen molar-refractivity contribution in [1.82, 2.24) is 10.3 Å². The van der Waals surface area contributed by atoms with Gasteiger partial charge in [0.1, 0.15) is 0 Å². The van der Waals surface area contributed by atoms with E-state index in [0.717, 1.165) is 25.6 Å². The van der Waals surface area contributed by atoms with Crippen molar-refractivity contribution in [3.05, 3.63) is 10.6 Å². The number of hydrogen-bond acceptors (Lipinski definition) is 5. The Morgan fingerprint density at radius 2 is 2.10 bits per heavy atom. The fourth-order valence-corrected chi connectivity index (χ4v) is 3.92. The van der Waals surface area contributed by atoms with Gasteiger partial charge in [0.05, 0.1) is 12.3 Å². The number of ether oxygens (including phenoxy) is 1. The van der Waals surface area contributed by atoms with Crippen LogP contribution in [-0.4, -0.2) is 38.3 Å². The van der Waals surface area contributed by atoms with E-state index >= 15 is 0 Å². The molecule has 2 fully saturated rings. The van der Waals surface area contributed by atoms with E-state index in [1.165, 1.54) is 60.9 Å². The Labute approximate surface area is 125 Å². The lowest BCUT2D eigenvalue weighted by Crippen LogP contribution is -2.29. The molecule has 3 rings (SSSR count). The van der Waals surface area contributed by atoms with E-state index in [2.05, 4.69) is 10.2 Å². The highest BCUT2D eigenvalue weighted by Gasteiger charge is 2.30. The van der Waals surface area contributed by atoms with Gasteiger partial charge in [-0.2, -0.15) is 0 Å². The normalized spacial score (nSPS) is 19.6. The number of thiazole rings is 1. The Hall–Kier alpha value is -0.650. The summed E-state index contributed by atoms with van der Waals surface area (Å²) in [6.07, 6.45) is 6.67. The number of nitrogens with zero attached hydrogens (tertiary/aromatic N) is 2. The molecule has 1 aliphatic carbocycles. The summed E-state index contributed by atoms with van der Waals surface area (Å²) in [7, 11) is 1.75. The largest absolute Gasteiger partial charge is 0.383 e. The molecular formula is C15H25N3OS. The highest BCUT2D eigenvalue weighted by atomic mass is 32.1. The van der Waals surface area contributed by atoms with Crippen molar-refractivity contribution in [2.45, 2.75) is 44.6 Å². The Bertz CT molecular complexity index is 425. The van der Waals surface area contributed by atoms with Crippen LogP contribution in [0.2, 0.25) is 0 Å². The van der Waals surface area contributed by atoms with Crippen molar-refractivity contribution in [3.8, 4) is 0 Å². The molecule has 0 unspecified atom stereocenters. The molecule has 2 aliphatic rings. The summed E-state index contributed by atoms with van der Waals surface area (Å²) in [5.41, 5.74) is 1.38. The van der Waals surface area contributed by atoms with Crippen LogP contribution in [0.4, 0.5) is 5.13 Å². The highest BCUT2D eigenvalue weighted by molar-refractivity contribution is 7.15. The lowest BCUT2D eigenvalue weighted by atomic mass is 10.1. The fourth-order valence-electron chi connectivity index (χ4n) is 2.75. The van der Waals surface area contributed by atoms with Gasteiger partial charge in [0.2, 0.25) is 0 Å². The molecule has 0 spiro atoms. The van der Waals surface area contributed by atoms with Crippen molar-refractivity contribution >= 4 is 16.5 Å². The quantitative estimate of drug-likeness (QED) is 0.785. The van der Waals surface area contributed by atoms with E-state index in [4.69, 9.17) is 9.72 Å². The van der Waals surface area contributed by atoms with Crippen LogP contribution in [0, 0.1) is 0 Å². The first-order valence-corrected chi connectivity index (χ1v) is 8.64. The van der Waals surface area contributed by atoms with Crippen molar-refractivity contribution in [3.63, 3.8) is 0 Å². The molecule has 0 amide bonds. The van der Waals surface area contributed by atoms with Gasteiger partial charge in [-0.05, 0) is 32.1 Å². The zero-order valence-corrected chi connectivity index (χ0v) is 13.2. The van der Waals surface area contributed by atoms with Crippen LogP contribution in [0.15, 0.2) is 0 Å². The number of aromatic nitrogens is 1. The van der Waals surface area contributed by atoms with Crippen molar-refractivity contribution in [1.29, 1.82) is 0 Å². The van der Waals surface area contributed by atoms with Crippen LogP contribution in [-0.2, 0) is 11.3 Å². The van der Waals surface area contributed by atoms with Crippen LogP contribution in [0.25, 0.3) is 0 Å². The number of nitrogens with one attached hydrogen (secondary N) is 1. The molecule has 2 heterocycles. The van der Waals surface area contributed by atoms with Gasteiger partial charge in [-0.15, -0.1) is 11.3 Å². The second-order valence-electron chi connectivity index (χ2n) is 5.80. The van der Waals surface area contributed by atoms with Gasteiger partial charge in [0.25, 0.3) is 0 Å². The molecule has 4 nitrogen and oxygen atoms in total. The van der Waals surface area contributed by atoms with Crippen molar-refractivity contribution in [2.75, 3.05) is 38.3 Å². The molecule has 1 aliphatic heterocycles. The molecule has 0 radical (unpaired) electrons. The average Bonchev–Trinajstić information content (AvgIpc) is 3.25. The maximum Gasteiger partial charge on any atom is 0.185 e. The molecule has 0 bridgehead atoms. The smallest absolute Gasteiger partial charge is 0.185 e. The van der Waals surface area contributed by atoms with Crippen LogP contribution in [0.5, 0.6) is 0 Å². The van der Waals surface area contributed by atoms with Gasteiger partial charge in [-0.25, -0.2) is 4.98 Å². The third-order valence-electron chi connectivity index (χ3n) is 4.08. The van der Waals surface area contributed by atoms with Crippen LogP contribution >= 0.6 is 11.3 Å². The third kappa shape index (κ3) is 3.51. The average molecular weight is 295 g/mol. The Morgan fingerprint density at radius 1 is 1.30 bits per heavy atom. The molecule has 20 heavy (non-hydrogen) atoms. The van der Waals surface area contributed by atoms with Crippen LogP contribution in [0.3, 0.4) is 0 Å². The standard InChI is InChI=1S/C15H25N3OS/c1-19-10-7-16-11-13-14(12-5-6-12)17-15(20-13)18-8-3-2-4-9-18/h12,16H,2-11H2,1H3. The molecule has 1 aromatic rings. The summed E-state index contributed by atoms with van der Waals surface area (Å²) in [4.78, 5) is 8.90. The zero-order valence-electron chi connectivity index (χ0n) is 12.4. The maximum absolute atomic E-state index is 5.09. The fraction of sp³-hybridized carbons (Fsp3) is 0.800. The van der Waals surface area contributed by atoms with E-state index in [9.17, 15) is 0 Å². The summed E-state index contributed by atoms with van der Waals surface area (Å²) in [5.74, 6) is 0.740. The second-order valence-corrected chi connectivity index (χ2v) is 6.86. The maximum atomic E-state index is 5.09. The van der Waals surface area contributed by atoms with Gasteiger partial charge in [-0.1, -0.05) is 0 Å². The summed E-state index contributed by atoms with van der Waals surface area (Å²) in [6, 6.07) is 0. The highest BCUT2D eigenvalue weighted by Crippen LogP contribution is 2.44. The van der Waals surface area contributed by atoms with Crippen LogP contribution in [0.1, 0.15) is 48.6 Å². The van der Waals surface area contributed by atoms with Gasteiger partial charge >= 0.3 is 0 Å². The first kappa shape index (κ1) is 14.3. The van der Waals surface area contributed by atoms with Crippen molar-refractivity contribution in [2.24, 2.45) is 0 Å². The van der Waals surface area contributed by atoms with E-state index in [0.29, 0.717) is 0 Å². The SMILES string of the molecule is COCCNCc1sc(N2CCCCC2)nc1C1CC1. The molecular weight excluding hydrogens is 270 g/mol. The zero-order chi connectivity index (χ0) is 13.8. The molecule has 5 heteroatoms. The third-order valence-corrected chi connectivity index (χ3v) is 5.21. The number of methoxy groups -OCH3 is 1. The molecule has 1 saturated carbocycles. The summed E-state index contributed by atoms with van der Waals surface area (Å²) in [6.45, 7) is 5.01. The number of anilines is 1. The van der Waals surface area contributed by atoms with E-state index < -0.39 is 0 Å². The molecule has 0 atom stereocenters. The Morgan fingerprint density at radius 3 is 2.80 bits per heavy atom. The molecule has 112 valence electrons. The number of hydrogen-bond donors (Lipinski definition) is 1. The minimum Gasteiger partial charge on any atom is -0.383 e. The first-order valence-electron chi connectivity index (χ1n) is 7.82. The second kappa shape index (κ2) is 6.87. The van der Waals surface area contributed by atoms with E-state index in [-0.39, 0.29) is 0 Å². The predicted octanol–water partition coefficient (Wildman–Crippen LogP) is 2.75. The lowest BCUT2D eigenvalue weighted by molar-refractivity contribution is 0.199. The Kier molecular flexibility index (Phi) is 4.91. The number of piperidine rings is 1. The minimum absolute atomic E-state index is 0.740. The molecule has 1 aromatic heterocycles.